The van der Waals surface area contributed by atoms with Gasteiger partial charge in [0.1, 0.15) is 5.75 Å². The van der Waals surface area contributed by atoms with Crippen LogP contribution in [0.1, 0.15) is 5.56 Å². The van der Waals surface area contributed by atoms with E-state index < -0.39 is 0 Å². The zero-order chi connectivity index (χ0) is 10.7. The van der Waals surface area contributed by atoms with E-state index in [1.54, 1.807) is 6.07 Å². The van der Waals surface area contributed by atoms with E-state index in [4.69, 9.17) is 0 Å². The number of piperazine rings is 1. The molecule has 0 aliphatic carbocycles. The van der Waals surface area contributed by atoms with Crippen LogP contribution in [0.3, 0.4) is 0 Å². The van der Waals surface area contributed by atoms with Gasteiger partial charge in [-0.25, -0.2) is 0 Å². The summed E-state index contributed by atoms with van der Waals surface area (Å²) >= 11 is 0. The van der Waals surface area contributed by atoms with Gasteiger partial charge < -0.3 is 15.3 Å². The third-order valence-electron chi connectivity index (χ3n) is 2.85. The maximum atomic E-state index is 9.36. The minimum Gasteiger partial charge on any atom is -0.508 e. The largest absolute Gasteiger partial charge is 0.508 e. The summed E-state index contributed by atoms with van der Waals surface area (Å²) in [5.74, 6) is 0.358. The van der Waals surface area contributed by atoms with Crippen LogP contribution in [0.5, 0.6) is 5.75 Å². The number of nitrogens with zero attached hydrogens (tertiary/aromatic N) is 1. The Labute approximate surface area is 90.7 Å². The van der Waals surface area contributed by atoms with Crippen LogP contribution in [-0.4, -0.2) is 42.7 Å². The van der Waals surface area contributed by atoms with E-state index in [2.05, 4.69) is 23.3 Å². The monoisotopic (exact) mass is 206 g/mol. The van der Waals surface area contributed by atoms with Crippen molar-refractivity contribution in [3.05, 3.63) is 29.8 Å². The summed E-state index contributed by atoms with van der Waals surface area (Å²) in [4.78, 5) is 2.34. The predicted molar refractivity (Wildman–Crippen MR) is 61.1 cm³/mol. The number of benzene rings is 1. The van der Waals surface area contributed by atoms with Crippen molar-refractivity contribution in [1.29, 1.82) is 0 Å². The summed E-state index contributed by atoms with van der Waals surface area (Å²) in [7, 11) is 2.15. The van der Waals surface area contributed by atoms with Crippen LogP contribution < -0.4 is 5.32 Å². The first-order valence-corrected chi connectivity index (χ1v) is 5.44. The molecule has 1 aromatic carbocycles. The van der Waals surface area contributed by atoms with Crippen molar-refractivity contribution in [2.75, 3.05) is 26.7 Å². The molecule has 1 fully saturated rings. The van der Waals surface area contributed by atoms with Crippen molar-refractivity contribution in [3.63, 3.8) is 0 Å². The molecule has 15 heavy (non-hydrogen) atoms. The molecule has 1 aliphatic heterocycles. The highest BCUT2D eigenvalue weighted by molar-refractivity contribution is 5.27. The molecule has 1 saturated heterocycles. The Morgan fingerprint density at radius 1 is 1.53 bits per heavy atom. The second kappa shape index (κ2) is 4.64. The van der Waals surface area contributed by atoms with Gasteiger partial charge in [0, 0.05) is 25.7 Å². The zero-order valence-electron chi connectivity index (χ0n) is 9.11. The van der Waals surface area contributed by atoms with Gasteiger partial charge in [0.2, 0.25) is 0 Å². The van der Waals surface area contributed by atoms with Crippen molar-refractivity contribution < 1.29 is 5.11 Å². The maximum absolute atomic E-state index is 9.36. The quantitative estimate of drug-likeness (QED) is 0.752. The Morgan fingerprint density at radius 2 is 2.40 bits per heavy atom. The first kappa shape index (κ1) is 10.5. The fourth-order valence-corrected chi connectivity index (χ4v) is 2.10. The maximum Gasteiger partial charge on any atom is 0.115 e. The van der Waals surface area contributed by atoms with E-state index in [1.807, 2.05) is 12.1 Å². The first-order valence-electron chi connectivity index (χ1n) is 5.44. The summed E-state index contributed by atoms with van der Waals surface area (Å²) in [5, 5.41) is 12.9. The smallest absolute Gasteiger partial charge is 0.115 e. The van der Waals surface area contributed by atoms with Crippen molar-refractivity contribution in [2.45, 2.75) is 12.5 Å². The van der Waals surface area contributed by atoms with Crippen molar-refractivity contribution >= 4 is 0 Å². The van der Waals surface area contributed by atoms with Gasteiger partial charge in [0.15, 0.2) is 0 Å². The molecule has 1 atom stereocenters. The van der Waals surface area contributed by atoms with Crippen LogP contribution in [0.2, 0.25) is 0 Å². The molecular weight excluding hydrogens is 188 g/mol. The van der Waals surface area contributed by atoms with Crippen LogP contribution in [0.4, 0.5) is 0 Å². The minimum absolute atomic E-state index is 0.358. The highest BCUT2D eigenvalue weighted by Gasteiger charge is 2.16. The van der Waals surface area contributed by atoms with Gasteiger partial charge in [-0.2, -0.15) is 0 Å². The SMILES string of the molecule is CN1CCNC(Cc2cccc(O)c2)C1. The lowest BCUT2D eigenvalue weighted by atomic mass is 10.0. The second-order valence-corrected chi connectivity index (χ2v) is 4.29. The molecule has 1 unspecified atom stereocenters. The predicted octanol–water partition coefficient (Wildman–Crippen LogP) is 0.838. The van der Waals surface area contributed by atoms with Crippen molar-refractivity contribution in [2.24, 2.45) is 0 Å². The summed E-state index contributed by atoms with van der Waals surface area (Å²) in [6.45, 7) is 3.26. The fraction of sp³-hybridized carbons (Fsp3) is 0.500. The lowest BCUT2D eigenvalue weighted by molar-refractivity contribution is 0.238. The van der Waals surface area contributed by atoms with E-state index in [0.29, 0.717) is 11.8 Å². The van der Waals surface area contributed by atoms with Crippen LogP contribution in [0.25, 0.3) is 0 Å². The molecule has 0 aromatic heterocycles. The van der Waals surface area contributed by atoms with Gasteiger partial charge in [0.25, 0.3) is 0 Å². The third-order valence-corrected chi connectivity index (χ3v) is 2.85. The number of likely N-dealkylation sites (N-methyl/N-ethyl adjacent to an activating group) is 1. The summed E-state index contributed by atoms with van der Waals surface area (Å²) in [6, 6.07) is 8.03. The molecule has 0 spiro atoms. The molecule has 2 rings (SSSR count). The highest BCUT2D eigenvalue weighted by atomic mass is 16.3. The van der Waals surface area contributed by atoms with Crippen LogP contribution in [0, 0.1) is 0 Å². The van der Waals surface area contributed by atoms with Crippen molar-refractivity contribution in [1.82, 2.24) is 10.2 Å². The van der Waals surface area contributed by atoms with E-state index >= 15 is 0 Å². The molecule has 1 aromatic rings. The Balaban J connectivity index is 1.96. The Hall–Kier alpha value is -1.06. The van der Waals surface area contributed by atoms with E-state index in [-0.39, 0.29) is 0 Å². The van der Waals surface area contributed by atoms with Gasteiger partial charge in [-0.1, -0.05) is 12.1 Å². The molecule has 0 amide bonds. The van der Waals surface area contributed by atoms with Crippen molar-refractivity contribution in [3.8, 4) is 5.75 Å². The lowest BCUT2D eigenvalue weighted by Gasteiger charge is -2.31. The van der Waals surface area contributed by atoms with E-state index in [9.17, 15) is 5.11 Å². The van der Waals surface area contributed by atoms with Gasteiger partial charge >= 0.3 is 0 Å². The molecule has 3 nitrogen and oxygen atoms in total. The Morgan fingerprint density at radius 3 is 3.13 bits per heavy atom. The molecule has 0 bridgehead atoms. The number of nitrogens with one attached hydrogen (secondary N) is 1. The molecule has 2 N–H and O–H groups in total. The number of hydrogen-bond donors (Lipinski definition) is 2. The van der Waals surface area contributed by atoms with Gasteiger partial charge in [-0.15, -0.1) is 0 Å². The molecule has 1 aliphatic rings. The van der Waals surface area contributed by atoms with Gasteiger partial charge in [-0.3, -0.25) is 0 Å². The topological polar surface area (TPSA) is 35.5 Å². The zero-order valence-corrected chi connectivity index (χ0v) is 9.11. The van der Waals surface area contributed by atoms with Crippen LogP contribution in [-0.2, 0) is 6.42 Å². The number of rotatable bonds is 2. The fourth-order valence-electron chi connectivity index (χ4n) is 2.10. The first-order chi connectivity index (χ1) is 7.24. The number of phenolic OH excluding ortho intramolecular Hbond substituents is 1. The molecule has 0 radical (unpaired) electrons. The lowest BCUT2D eigenvalue weighted by Crippen LogP contribution is -2.49. The summed E-state index contributed by atoms with van der Waals surface area (Å²) in [6.07, 6.45) is 0.985. The molecule has 0 saturated carbocycles. The normalized spacial score (nSPS) is 22.9. The number of aromatic hydroxyl groups is 1. The molecule has 1 heterocycles. The van der Waals surface area contributed by atoms with Gasteiger partial charge in [0.05, 0.1) is 0 Å². The van der Waals surface area contributed by atoms with Gasteiger partial charge in [-0.05, 0) is 31.2 Å². The van der Waals surface area contributed by atoms with Crippen LogP contribution >= 0.6 is 0 Å². The molecule has 3 heteroatoms. The molecule has 82 valence electrons. The minimum atomic E-state index is 0.358. The third kappa shape index (κ3) is 2.94. The Kier molecular flexibility index (Phi) is 3.23. The highest BCUT2D eigenvalue weighted by Crippen LogP contribution is 2.13. The second-order valence-electron chi connectivity index (χ2n) is 4.29. The average molecular weight is 206 g/mol. The van der Waals surface area contributed by atoms with Crippen LogP contribution in [0.15, 0.2) is 24.3 Å². The average Bonchev–Trinajstić information content (AvgIpc) is 2.17. The van der Waals surface area contributed by atoms with E-state index in [0.717, 1.165) is 26.1 Å². The summed E-state index contributed by atoms with van der Waals surface area (Å²) < 4.78 is 0. The molecular formula is C12H18N2O. The summed E-state index contributed by atoms with van der Waals surface area (Å²) in [5.41, 5.74) is 1.20. The number of hydrogen-bond acceptors (Lipinski definition) is 3. The standard InChI is InChI=1S/C12H18N2O/c1-14-6-5-13-11(9-14)7-10-3-2-4-12(15)8-10/h2-4,8,11,13,15H,5-7,9H2,1H3. The number of phenols is 1. The van der Waals surface area contributed by atoms with E-state index in [1.165, 1.54) is 5.56 Å². The Bertz CT molecular complexity index is 327.